The second kappa shape index (κ2) is 4.81. The van der Waals surface area contributed by atoms with Crippen LogP contribution in [-0.2, 0) is 0 Å². The zero-order chi connectivity index (χ0) is 13.3. The summed E-state index contributed by atoms with van der Waals surface area (Å²) in [4.78, 5) is 4.87. The van der Waals surface area contributed by atoms with Gasteiger partial charge in [-0.1, -0.05) is 6.07 Å². The van der Waals surface area contributed by atoms with Crippen LogP contribution in [0, 0.1) is 6.92 Å². The molecule has 1 aromatic carbocycles. The monoisotopic (exact) mass is 248 g/mol. The molecule has 0 atom stereocenters. The van der Waals surface area contributed by atoms with E-state index in [2.05, 4.69) is 55.8 Å². The number of methoxy groups -OCH3 is 1. The van der Waals surface area contributed by atoms with Crippen LogP contribution in [0.2, 0.25) is 0 Å². The number of hydrogen-bond acceptors (Lipinski definition) is 3. The first-order valence-electron chi connectivity index (χ1n) is 6.55. The third-order valence-corrected chi connectivity index (χ3v) is 4.07. The van der Waals surface area contributed by atoms with E-state index in [-0.39, 0.29) is 5.54 Å². The fourth-order valence-electron chi connectivity index (χ4n) is 2.47. The van der Waals surface area contributed by atoms with E-state index in [0.717, 1.165) is 25.4 Å². The van der Waals surface area contributed by atoms with Gasteiger partial charge < -0.3 is 9.64 Å². The van der Waals surface area contributed by atoms with Crippen LogP contribution in [0.5, 0.6) is 5.75 Å². The maximum absolute atomic E-state index is 5.41. The predicted molar refractivity (Wildman–Crippen MR) is 76.7 cm³/mol. The Morgan fingerprint density at radius 3 is 2.56 bits per heavy atom. The van der Waals surface area contributed by atoms with E-state index in [9.17, 15) is 0 Å². The van der Waals surface area contributed by atoms with Gasteiger partial charge in [-0.25, -0.2) is 0 Å². The lowest BCUT2D eigenvalue weighted by Crippen LogP contribution is -2.57. The third kappa shape index (κ3) is 2.46. The Morgan fingerprint density at radius 2 is 1.94 bits per heavy atom. The average molecular weight is 248 g/mol. The fraction of sp³-hybridized carbons (Fsp3) is 0.600. The molecule has 0 radical (unpaired) electrons. The number of likely N-dealkylation sites (N-methyl/N-ethyl adjacent to an activating group) is 1. The summed E-state index contributed by atoms with van der Waals surface area (Å²) in [7, 11) is 3.94. The van der Waals surface area contributed by atoms with Gasteiger partial charge in [0.25, 0.3) is 0 Å². The Morgan fingerprint density at radius 1 is 1.22 bits per heavy atom. The van der Waals surface area contributed by atoms with Crippen molar-refractivity contribution in [2.24, 2.45) is 0 Å². The molecule has 0 aromatic heterocycles. The van der Waals surface area contributed by atoms with Gasteiger partial charge >= 0.3 is 0 Å². The van der Waals surface area contributed by atoms with Gasteiger partial charge in [0.05, 0.1) is 7.11 Å². The molecule has 0 spiro atoms. The molecule has 0 aliphatic carbocycles. The zero-order valence-electron chi connectivity index (χ0n) is 12.2. The average Bonchev–Trinajstić information content (AvgIpc) is 2.33. The molecule has 1 aromatic rings. The molecule has 1 aliphatic rings. The van der Waals surface area contributed by atoms with Crippen LogP contribution in [0.3, 0.4) is 0 Å². The lowest BCUT2D eigenvalue weighted by Gasteiger charge is -2.46. The van der Waals surface area contributed by atoms with Gasteiger partial charge in [-0.15, -0.1) is 0 Å². The van der Waals surface area contributed by atoms with Gasteiger partial charge in [0, 0.05) is 36.9 Å². The summed E-state index contributed by atoms with van der Waals surface area (Å²) >= 11 is 0. The van der Waals surface area contributed by atoms with Gasteiger partial charge in [0.2, 0.25) is 0 Å². The first kappa shape index (κ1) is 13.2. The molecule has 3 nitrogen and oxygen atoms in total. The first-order valence-corrected chi connectivity index (χ1v) is 6.55. The second-order valence-electron chi connectivity index (χ2n) is 5.81. The molecule has 0 unspecified atom stereocenters. The summed E-state index contributed by atoms with van der Waals surface area (Å²) in [5, 5.41) is 0. The van der Waals surface area contributed by atoms with E-state index in [0.29, 0.717) is 0 Å². The fourth-order valence-corrected chi connectivity index (χ4v) is 2.47. The molecular formula is C15H24N2O. The molecule has 1 fully saturated rings. The van der Waals surface area contributed by atoms with E-state index in [1.807, 2.05) is 0 Å². The second-order valence-corrected chi connectivity index (χ2v) is 5.81. The van der Waals surface area contributed by atoms with Gasteiger partial charge in [-0.2, -0.15) is 0 Å². The van der Waals surface area contributed by atoms with Crippen LogP contribution >= 0.6 is 0 Å². The van der Waals surface area contributed by atoms with Crippen LogP contribution in [0.1, 0.15) is 19.4 Å². The van der Waals surface area contributed by atoms with Crippen LogP contribution in [0.4, 0.5) is 5.69 Å². The van der Waals surface area contributed by atoms with Crippen molar-refractivity contribution < 1.29 is 4.74 Å². The number of rotatable bonds is 2. The third-order valence-electron chi connectivity index (χ3n) is 4.07. The predicted octanol–water partition coefficient (Wildman–Crippen LogP) is 2.53. The molecule has 0 bridgehead atoms. The van der Waals surface area contributed by atoms with E-state index >= 15 is 0 Å². The number of piperazine rings is 1. The van der Waals surface area contributed by atoms with Crippen molar-refractivity contribution in [1.82, 2.24) is 4.90 Å². The Hall–Kier alpha value is -1.22. The van der Waals surface area contributed by atoms with E-state index in [4.69, 9.17) is 4.74 Å². The molecule has 1 saturated heterocycles. The molecule has 0 amide bonds. The number of anilines is 1. The number of hydrogen-bond donors (Lipinski definition) is 0. The Bertz CT molecular complexity index is 429. The molecule has 2 rings (SSSR count). The molecule has 0 saturated carbocycles. The van der Waals surface area contributed by atoms with Crippen molar-refractivity contribution in [2.45, 2.75) is 26.3 Å². The summed E-state index contributed by atoms with van der Waals surface area (Å²) < 4.78 is 5.41. The summed E-state index contributed by atoms with van der Waals surface area (Å²) in [6.07, 6.45) is 0. The van der Waals surface area contributed by atoms with Crippen molar-refractivity contribution in [1.29, 1.82) is 0 Å². The van der Waals surface area contributed by atoms with Crippen molar-refractivity contribution in [3.8, 4) is 5.75 Å². The van der Waals surface area contributed by atoms with Crippen molar-refractivity contribution >= 4 is 5.69 Å². The first-order chi connectivity index (χ1) is 8.44. The van der Waals surface area contributed by atoms with Crippen LogP contribution in [-0.4, -0.2) is 44.2 Å². The molecule has 100 valence electrons. The summed E-state index contributed by atoms with van der Waals surface area (Å²) in [6, 6.07) is 6.48. The van der Waals surface area contributed by atoms with Crippen molar-refractivity contribution in [3.63, 3.8) is 0 Å². The molecule has 0 N–H and O–H groups in total. The van der Waals surface area contributed by atoms with Crippen molar-refractivity contribution in [3.05, 3.63) is 23.8 Å². The van der Waals surface area contributed by atoms with Crippen LogP contribution < -0.4 is 9.64 Å². The summed E-state index contributed by atoms with van der Waals surface area (Å²) in [5.74, 6) is 0.976. The Labute approximate surface area is 110 Å². The summed E-state index contributed by atoms with van der Waals surface area (Å²) in [5.41, 5.74) is 2.67. The van der Waals surface area contributed by atoms with Gasteiger partial charge in [0.1, 0.15) is 5.75 Å². The molecular weight excluding hydrogens is 224 g/mol. The normalized spacial score (nSPS) is 19.9. The highest BCUT2D eigenvalue weighted by Gasteiger charge is 2.31. The number of nitrogens with zero attached hydrogens (tertiary/aromatic N) is 2. The highest BCUT2D eigenvalue weighted by atomic mass is 16.5. The SMILES string of the molecule is COc1cc(N2CCN(C)C(C)(C)C2)ccc1C. The van der Waals surface area contributed by atoms with E-state index < -0.39 is 0 Å². The molecule has 18 heavy (non-hydrogen) atoms. The molecule has 3 heteroatoms. The number of benzene rings is 1. The number of aryl methyl sites for hydroxylation is 1. The maximum atomic E-state index is 5.41. The lowest BCUT2D eigenvalue weighted by molar-refractivity contribution is 0.139. The minimum atomic E-state index is 0.219. The van der Waals surface area contributed by atoms with E-state index in [1.165, 1.54) is 11.3 Å². The Balaban J connectivity index is 2.22. The van der Waals surface area contributed by atoms with Crippen LogP contribution in [0.15, 0.2) is 18.2 Å². The minimum absolute atomic E-state index is 0.219. The largest absolute Gasteiger partial charge is 0.496 e. The molecule has 1 heterocycles. The zero-order valence-corrected chi connectivity index (χ0v) is 12.2. The molecule has 1 aliphatic heterocycles. The summed E-state index contributed by atoms with van der Waals surface area (Å²) in [6.45, 7) is 9.90. The van der Waals surface area contributed by atoms with Crippen LogP contribution in [0.25, 0.3) is 0 Å². The minimum Gasteiger partial charge on any atom is -0.496 e. The maximum Gasteiger partial charge on any atom is 0.123 e. The smallest absolute Gasteiger partial charge is 0.123 e. The van der Waals surface area contributed by atoms with Gasteiger partial charge in [-0.05, 0) is 39.4 Å². The van der Waals surface area contributed by atoms with E-state index in [1.54, 1.807) is 7.11 Å². The lowest BCUT2D eigenvalue weighted by atomic mass is 9.99. The van der Waals surface area contributed by atoms with Gasteiger partial charge in [-0.3, -0.25) is 4.90 Å². The van der Waals surface area contributed by atoms with Crippen molar-refractivity contribution in [2.75, 3.05) is 38.7 Å². The standard InChI is InChI=1S/C15H24N2O/c1-12-6-7-13(10-14(12)18-5)17-9-8-16(4)15(2,3)11-17/h6-7,10H,8-9,11H2,1-5H3. The quantitative estimate of drug-likeness (QED) is 0.800. The highest BCUT2D eigenvalue weighted by molar-refractivity contribution is 5.54. The van der Waals surface area contributed by atoms with Gasteiger partial charge in [0.15, 0.2) is 0 Å². The highest BCUT2D eigenvalue weighted by Crippen LogP contribution is 2.28. The number of ether oxygens (including phenoxy) is 1. The topological polar surface area (TPSA) is 15.7 Å². The Kier molecular flexibility index (Phi) is 3.53.